The van der Waals surface area contributed by atoms with E-state index in [0.29, 0.717) is 6.04 Å². The van der Waals surface area contributed by atoms with E-state index in [4.69, 9.17) is 10.3 Å². The van der Waals surface area contributed by atoms with Gasteiger partial charge >= 0.3 is 0 Å². The van der Waals surface area contributed by atoms with Crippen molar-refractivity contribution in [3.8, 4) is 0 Å². The average molecular weight is 209 g/mol. The Morgan fingerprint density at radius 2 is 2.40 bits per heavy atom. The van der Waals surface area contributed by atoms with E-state index < -0.39 is 0 Å². The Morgan fingerprint density at radius 1 is 1.60 bits per heavy atom. The molecule has 1 saturated heterocycles. The van der Waals surface area contributed by atoms with Gasteiger partial charge in [0.1, 0.15) is 5.76 Å². The number of rotatable bonds is 3. The lowest BCUT2D eigenvalue weighted by atomic mass is 10.1. The predicted octanol–water partition coefficient (Wildman–Crippen LogP) is 1.08. The molecule has 0 saturated carbocycles. The van der Waals surface area contributed by atoms with Gasteiger partial charge in [-0.2, -0.15) is 0 Å². The predicted molar refractivity (Wildman–Crippen MR) is 58.5 cm³/mol. The van der Waals surface area contributed by atoms with Gasteiger partial charge in [-0.05, 0) is 19.8 Å². The Hall–Kier alpha value is -0.870. The fraction of sp³-hybridized carbons (Fsp3) is 0.727. The van der Waals surface area contributed by atoms with Gasteiger partial charge in [-0.3, -0.25) is 4.90 Å². The average Bonchev–Trinajstić information content (AvgIpc) is 2.76. The minimum atomic E-state index is 0.343. The minimum Gasteiger partial charge on any atom is -0.361 e. The smallest absolute Gasteiger partial charge is 0.138 e. The zero-order valence-electron chi connectivity index (χ0n) is 9.49. The minimum absolute atomic E-state index is 0.343. The number of hydrogen-bond donors (Lipinski definition) is 1. The Morgan fingerprint density at radius 3 is 3.00 bits per heavy atom. The number of nitrogens with zero attached hydrogens (tertiary/aromatic N) is 2. The standard InChI is InChI=1S/C11H19N3O/c1-3-11-10(8(2)15-13-11)7-14-5-4-9(12)6-14/h9H,3-7,12H2,1-2H3/t9-/m1/s1. The maximum atomic E-state index is 5.88. The first-order chi connectivity index (χ1) is 7.20. The topological polar surface area (TPSA) is 55.3 Å². The number of nitrogens with two attached hydrogens (primary N) is 1. The van der Waals surface area contributed by atoms with Gasteiger partial charge in [0.25, 0.3) is 0 Å². The molecule has 1 aromatic heterocycles. The summed E-state index contributed by atoms with van der Waals surface area (Å²) in [5, 5.41) is 4.06. The van der Waals surface area contributed by atoms with Crippen LogP contribution in [0.3, 0.4) is 0 Å². The highest BCUT2D eigenvalue weighted by Crippen LogP contribution is 2.19. The lowest BCUT2D eigenvalue weighted by molar-refractivity contribution is 0.322. The van der Waals surface area contributed by atoms with Crippen LogP contribution in [0.15, 0.2) is 4.52 Å². The van der Waals surface area contributed by atoms with E-state index in [0.717, 1.165) is 43.9 Å². The van der Waals surface area contributed by atoms with Gasteiger partial charge in [-0.1, -0.05) is 12.1 Å². The molecular weight excluding hydrogens is 190 g/mol. The van der Waals surface area contributed by atoms with Gasteiger partial charge in [0.2, 0.25) is 0 Å². The van der Waals surface area contributed by atoms with E-state index in [-0.39, 0.29) is 0 Å². The van der Waals surface area contributed by atoms with Crippen molar-refractivity contribution in [3.05, 3.63) is 17.0 Å². The molecule has 0 unspecified atom stereocenters. The third kappa shape index (κ3) is 2.21. The van der Waals surface area contributed by atoms with Crippen molar-refractivity contribution in [2.24, 2.45) is 5.73 Å². The van der Waals surface area contributed by atoms with E-state index in [1.807, 2.05) is 6.92 Å². The molecule has 4 nitrogen and oxygen atoms in total. The van der Waals surface area contributed by atoms with Gasteiger partial charge in [0, 0.05) is 31.2 Å². The summed E-state index contributed by atoms with van der Waals surface area (Å²) in [4.78, 5) is 2.38. The van der Waals surface area contributed by atoms with E-state index in [1.54, 1.807) is 0 Å². The van der Waals surface area contributed by atoms with Crippen LogP contribution >= 0.6 is 0 Å². The van der Waals surface area contributed by atoms with Crippen molar-refractivity contribution in [2.75, 3.05) is 13.1 Å². The first-order valence-electron chi connectivity index (χ1n) is 5.62. The summed E-state index contributed by atoms with van der Waals surface area (Å²) < 4.78 is 5.22. The van der Waals surface area contributed by atoms with E-state index >= 15 is 0 Å². The van der Waals surface area contributed by atoms with Gasteiger partial charge in [-0.25, -0.2) is 0 Å². The fourth-order valence-corrected chi connectivity index (χ4v) is 2.15. The summed E-state index contributed by atoms with van der Waals surface area (Å²) in [6, 6.07) is 0.343. The molecule has 2 N–H and O–H groups in total. The summed E-state index contributed by atoms with van der Waals surface area (Å²) in [5.41, 5.74) is 8.23. The molecule has 1 fully saturated rings. The summed E-state index contributed by atoms with van der Waals surface area (Å²) in [6.07, 6.45) is 2.04. The van der Waals surface area contributed by atoms with Gasteiger partial charge in [0.05, 0.1) is 5.69 Å². The second kappa shape index (κ2) is 4.33. The van der Waals surface area contributed by atoms with Crippen LogP contribution in [0.25, 0.3) is 0 Å². The van der Waals surface area contributed by atoms with Crippen LogP contribution in [0.1, 0.15) is 30.4 Å². The molecule has 2 heterocycles. The molecule has 1 aliphatic rings. The quantitative estimate of drug-likeness (QED) is 0.809. The number of likely N-dealkylation sites (tertiary alicyclic amines) is 1. The Kier molecular flexibility index (Phi) is 3.07. The largest absolute Gasteiger partial charge is 0.361 e. The molecule has 0 bridgehead atoms. The molecule has 0 aromatic carbocycles. The van der Waals surface area contributed by atoms with E-state index in [1.165, 1.54) is 5.56 Å². The van der Waals surface area contributed by atoms with E-state index in [2.05, 4.69) is 17.0 Å². The van der Waals surface area contributed by atoms with Crippen LogP contribution in [-0.2, 0) is 13.0 Å². The summed E-state index contributed by atoms with van der Waals surface area (Å²) in [6.45, 7) is 7.11. The summed E-state index contributed by atoms with van der Waals surface area (Å²) in [5.74, 6) is 0.951. The lowest BCUT2D eigenvalue weighted by Crippen LogP contribution is -2.26. The Bertz CT molecular complexity index is 335. The maximum absolute atomic E-state index is 5.88. The number of hydrogen-bond acceptors (Lipinski definition) is 4. The van der Waals surface area contributed by atoms with E-state index in [9.17, 15) is 0 Å². The van der Waals surface area contributed by atoms with Crippen molar-refractivity contribution >= 4 is 0 Å². The SMILES string of the molecule is CCc1noc(C)c1CN1CC[C@@H](N)C1. The van der Waals surface area contributed by atoms with Crippen LogP contribution in [0.5, 0.6) is 0 Å². The summed E-state index contributed by atoms with van der Waals surface area (Å²) in [7, 11) is 0. The molecule has 0 radical (unpaired) electrons. The summed E-state index contributed by atoms with van der Waals surface area (Å²) >= 11 is 0. The molecule has 15 heavy (non-hydrogen) atoms. The highest BCUT2D eigenvalue weighted by atomic mass is 16.5. The molecule has 1 aromatic rings. The van der Waals surface area contributed by atoms with Crippen LogP contribution < -0.4 is 5.73 Å². The number of aromatic nitrogens is 1. The van der Waals surface area contributed by atoms with Crippen molar-refractivity contribution in [3.63, 3.8) is 0 Å². The zero-order chi connectivity index (χ0) is 10.8. The van der Waals surface area contributed by atoms with Crippen molar-refractivity contribution in [2.45, 2.75) is 39.3 Å². The molecule has 0 spiro atoms. The van der Waals surface area contributed by atoms with Crippen LogP contribution in [0, 0.1) is 6.92 Å². The normalized spacial score (nSPS) is 22.5. The molecule has 84 valence electrons. The Balaban J connectivity index is 2.06. The molecule has 0 aliphatic carbocycles. The van der Waals surface area contributed by atoms with Gasteiger partial charge in [0.15, 0.2) is 0 Å². The molecule has 4 heteroatoms. The highest BCUT2D eigenvalue weighted by Gasteiger charge is 2.22. The van der Waals surface area contributed by atoms with Gasteiger partial charge < -0.3 is 10.3 Å². The van der Waals surface area contributed by atoms with Crippen molar-refractivity contribution in [1.82, 2.24) is 10.1 Å². The molecule has 1 atom stereocenters. The second-order valence-corrected chi connectivity index (χ2v) is 4.30. The molecule has 0 amide bonds. The van der Waals surface area contributed by atoms with Crippen molar-refractivity contribution in [1.29, 1.82) is 0 Å². The monoisotopic (exact) mass is 209 g/mol. The van der Waals surface area contributed by atoms with Crippen molar-refractivity contribution < 1.29 is 4.52 Å². The maximum Gasteiger partial charge on any atom is 0.138 e. The zero-order valence-corrected chi connectivity index (χ0v) is 9.49. The van der Waals surface area contributed by atoms with Crippen LogP contribution in [0.2, 0.25) is 0 Å². The third-order valence-corrected chi connectivity index (χ3v) is 3.09. The first kappa shape index (κ1) is 10.6. The lowest BCUT2D eigenvalue weighted by Gasteiger charge is -2.14. The number of aryl methyl sites for hydroxylation is 2. The first-order valence-corrected chi connectivity index (χ1v) is 5.62. The fourth-order valence-electron chi connectivity index (χ4n) is 2.15. The third-order valence-electron chi connectivity index (χ3n) is 3.09. The highest BCUT2D eigenvalue weighted by molar-refractivity contribution is 5.22. The molecular formula is C11H19N3O. The van der Waals surface area contributed by atoms with Crippen LogP contribution in [0.4, 0.5) is 0 Å². The molecule has 1 aliphatic heterocycles. The Labute approximate surface area is 90.4 Å². The van der Waals surface area contributed by atoms with Gasteiger partial charge in [-0.15, -0.1) is 0 Å². The van der Waals surface area contributed by atoms with Crippen LogP contribution in [-0.4, -0.2) is 29.2 Å². The second-order valence-electron chi connectivity index (χ2n) is 4.30. The molecule has 2 rings (SSSR count).